The number of anilines is 2. The number of likely N-dealkylation sites (tertiary alicyclic amines) is 1. The molecule has 160 valence electrons. The number of amides is 1. The predicted molar refractivity (Wildman–Crippen MR) is 122 cm³/mol. The van der Waals surface area contributed by atoms with Crippen LogP contribution in [0.4, 0.5) is 15.9 Å². The maximum absolute atomic E-state index is 13.5. The number of carbonyl (C=O) groups excluding carboxylic acids is 1. The Balaban J connectivity index is 1.77. The van der Waals surface area contributed by atoms with Crippen molar-refractivity contribution in [2.75, 3.05) is 25.5 Å². The van der Waals surface area contributed by atoms with Crippen LogP contribution in [0.2, 0.25) is 5.02 Å². The van der Waals surface area contributed by atoms with E-state index in [0.29, 0.717) is 35.9 Å². The Labute approximate surface area is 189 Å². The molecule has 3 aromatic rings. The fourth-order valence-electron chi connectivity index (χ4n) is 3.81. The molecule has 0 aliphatic carbocycles. The molecule has 9 heteroatoms. The molecule has 1 atom stereocenters. The van der Waals surface area contributed by atoms with Crippen LogP contribution in [0.15, 0.2) is 48.1 Å². The van der Waals surface area contributed by atoms with Crippen LogP contribution in [0.1, 0.15) is 17.9 Å². The Morgan fingerprint density at radius 3 is 2.90 bits per heavy atom. The van der Waals surface area contributed by atoms with Gasteiger partial charge in [0.2, 0.25) is 5.91 Å². The maximum atomic E-state index is 13.5. The zero-order valence-electron chi connectivity index (χ0n) is 16.7. The molecule has 2 heterocycles. The fraction of sp³-hybridized carbons (Fsp3) is 0.227. The van der Waals surface area contributed by atoms with E-state index < -0.39 is 5.82 Å². The van der Waals surface area contributed by atoms with Gasteiger partial charge in [0.15, 0.2) is 5.16 Å². The second kappa shape index (κ2) is 8.72. The van der Waals surface area contributed by atoms with Gasteiger partial charge in [-0.1, -0.05) is 18.2 Å². The molecule has 0 radical (unpaired) electrons. The van der Waals surface area contributed by atoms with E-state index in [1.54, 1.807) is 18.1 Å². The van der Waals surface area contributed by atoms with Crippen molar-refractivity contribution in [1.29, 1.82) is 0 Å². The lowest BCUT2D eigenvalue weighted by molar-refractivity contribution is -0.125. The van der Waals surface area contributed by atoms with Crippen molar-refractivity contribution in [1.82, 2.24) is 14.9 Å². The fourth-order valence-corrected chi connectivity index (χ4v) is 4.19. The smallest absolute Gasteiger partial charge is 0.245 e. The highest BCUT2D eigenvalue weighted by Crippen LogP contribution is 2.38. The minimum absolute atomic E-state index is 0.00903. The first-order valence-corrected chi connectivity index (χ1v) is 10.4. The molecule has 1 N–H and O–H groups in total. The van der Waals surface area contributed by atoms with Crippen LogP contribution in [0.5, 0.6) is 5.75 Å². The lowest BCUT2D eigenvalue weighted by Gasteiger charge is -2.18. The van der Waals surface area contributed by atoms with Crippen molar-refractivity contribution in [3.8, 4) is 5.75 Å². The van der Waals surface area contributed by atoms with E-state index in [4.69, 9.17) is 16.3 Å². The van der Waals surface area contributed by atoms with E-state index in [1.807, 2.05) is 12.1 Å². The van der Waals surface area contributed by atoms with Crippen molar-refractivity contribution >= 4 is 52.5 Å². The molecule has 1 fully saturated rings. The van der Waals surface area contributed by atoms with Crippen LogP contribution < -0.4 is 10.1 Å². The molecule has 0 bridgehead atoms. The minimum Gasteiger partial charge on any atom is -0.496 e. The van der Waals surface area contributed by atoms with E-state index in [2.05, 4.69) is 34.5 Å². The third-order valence-electron chi connectivity index (χ3n) is 5.33. The topological polar surface area (TPSA) is 67.4 Å². The van der Waals surface area contributed by atoms with Gasteiger partial charge in [-0.2, -0.15) is 0 Å². The highest BCUT2D eigenvalue weighted by atomic mass is 35.5. The molecule has 0 spiro atoms. The van der Waals surface area contributed by atoms with E-state index in [1.165, 1.54) is 18.2 Å². The maximum Gasteiger partial charge on any atom is 0.245 e. The number of hydrogen-bond donors (Lipinski definition) is 2. The molecule has 4 rings (SSSR count). The highest BCUT2D eigenvalue weighted by Gasteiger charge is 2.29. The van der Waals surface area contributed by atoms with Gasteiger partial charge in [0.1, 0.15) is 17.4 Å². The number of benzene rings is 2. The summed E-state index contributed by atoms with van der Waals surface area (Å²) in [6.07, 6.45) is 2.14. The Morgan fingerprint density at radius 2 is 2.19 bits per heavy atom. The van der Waals surface area contributed by atoms with Gasteiger partial charge in [0.25, 0.3) is 0 Å². The zero-order valence-corrected chi connectivity index (χ0v) is 18.4. The number of thiol groups is 1. The summed E-state index contributed by atoms with van der Waals surface area (Å²) in [5, 5.41) is 4.22. The summed E-state index contributed by atoms with van der Waals surface area (Å²) in [6.45, 7) is 4.80. The SMILES string of the molecule is C=CC(=O)N1CCC(c2cc3c(Nc4ccc(F)c(Cl)c4)nc(S)nc3cc2OC)C1. The van der Waals surface area contributed by atoms with Crippen LogP contribution >= 0.6 is 24.2 Å². The number of fused-ring (bicyclic) bond motifs is 1. The average molecular weight is 459 g/mol. The quantitative estimate of drug-likeness (QED) is 0.321. The van der Waals surface area contributed by atoms with Crippen molar-refractivity contribution in [2.24, 2.45) is 0 Å². The summed E-state index contributed by atoms with van der Waals surface area (Å²) >= 11 is 10.2. The lowest BCUT2D eigenvalue weighted by atomic mass is 9.95. The molecular formula is C22H20ClFN4O2S. The number of halogens is 2. The molecule has 2 aromatic carbocycles. The number of rotatable bonds is 5. The van der Waals surface area contributed by atoms with Crippen molar-refractivity contribution in [2.45, 2.75) is 17.5 Å². The van der Waals surface area contributed by atoms with Gasteiger partial charge in [-0.3, -0.25) is 4.79 Å². The number of methoxy groups -OCH3 is 1. The van der Waals surface area contributed by atoms with Gasteiger partial charge < -0.3 is 15.0 Å². The third-order valence-corrected chi connectivity index (χ3v) is 5.82. The van der Waals surface area contributed by atoms with E-state index in [-0.39, 0.29) is 22.0 Å². The lowest BCUT2D eigenvalue weighted by Crippen LogP contribution is -2.26. The van der Waals surface area contributed by atoms with Crippen molar-refractivity contribution < 1.29 is 13.9 Å². The number of aromatic nitrogens is 2. The third kappa shape index (κ3) is 4.31. The van der Waals surface area contributed by atoms with E-state index in [9.17, 15) is 9.18 Å². The Bertz CT molecular complexity index is 1190. The van der Waals surface area contributed by atoms with Crippen molar-refractivity contribution in [3.05, 3.63) is 59.4 Å². The van der Waals surface area contributed by atoms with Crippen LogP contribution in [-0.4, -0.2) is 41.0 Å². The second-order valence-electron chi connectivity index (χ2n) is 7.21. The van der Waals surface area contributed by atoms with Gasteiger partial charge in [0.05, 0.1) is 17.6 Å². The monoisotopic (exact) mass is 458 g/mol. The van der Waals surface area contributed by atoms with Crippen LogP contribution in [0.3, 0.4) is 0 Å². The van der Waals surface area contributed by atoms with Gasteiger partial charge >= 0.3 is 0 Å². The molecule has 1 aliphatic rings. The first kappa shape index (κ1) is 21.4. The van der Waals surface area contributed by atoms with Gasteiger partial charge in [-0.25, -0.2) is 14.4 Å². The van der Waals surface area contributed by atoms with E-state index in [0.717, 1.165) is 17.4 Å². The summed E-state index contributed by atoms with van der Waals surface area (Å²) < 4.78 is 19.2. The number of ether oxygens (including phenoxy) is 1. The molecule has 1 aliphatic heterocycles. The minimum atomic E-state index is -0.499. The summed E-state index contributed by atoms with van der Waals surface area (Å²) in [6, 6.07) is 8.17. The molecule has 1 unspecified atom stereocenters. The van der Waals surface area contributed by atoms with Gasteiger partial charge in [0, 0.05) is 36.1 Å². The highest BCUT2D eigenvalue weighted by molar-refractivity contribution is 7.80. The normalized spacial score (nSPS) is 15.9. The Morgan fingerprint density at radius 1 is 1.39 bits per heavy atom. The number of nitrogens with zero attached hydrogens (tertiary/aromatic N) is 3. The van der Waals surface area contributed by atoms with Crippen LogP contribution in [0, 0.1) is 5.82 Å². The van der Waals surface area contributed by atoms with Crippen LogP contribution in [0.25, 0.3) is 10.9 Å². The molecule has 6 nitrogen and oxygen atoms in total. The number of hydrogen-bond acceptors (Lipinski definition) is 6. The van der Waals surface area contributed by atoms with Crippen molar-refractivity contribution in [3.63, 3.8) is 0 Å². The largest absolute Gasteiger partial charge is 0.496 e. The van der Waals surface area contributed by atoms with Gasteiger partial charge in [-0.15, -0.1) is 12.6 Å². The summed E-state index contributed by atoms with van der Waals surface area (Å²) in [4.78, 5) is 22.6. The number of carbonyl (C=O) groups is 1. The molecule has 1 aromatic heterocycles. The molecular weight excluding hydrogens is 439 g/mol. The molecule has 31 heavy (non-hydrogen) atoms. The molecule has 0 saturated carbocycles. The summed E-state index contributed by atoms with van der Waals surface area (Å²) in [5.74, 6) is 0.723. The summed E-state index contributed by atoms with van der Waals surface area (Å²) in [7, 11) is 1.61. The molecule has 1 saturated heterocycles. The predicted octanol–water partition coefficient (Wildman–Crippen LogP) is 4.97. The standard InChI is InChI=1S/C22H20ClFN4O2S/c1-3-20(29)28-7-6-12(11-28)14-9-15-18(10-19(14)30-2)26-22(31)27-21(15)25-13-4-5-17(24)16(23)8-13/h3-5,8-10,12H,1,6-7,11H2,2H3,(H2,25,26,27,31). The Hall–Kier alpha value is -2.84. The number of nitrogens with one attached hydrogen (secondary N) is 1. The molecule has 1 amide bonds. The van der Waals surface area contributed by atoms with E-state index >= 15 is 0 Å². The van der Waals surface area contributed by atoms with Gasteiger partial charge in [-0.05, 0) is 42.3 Å². The zero-order chi connectivity index (χ0) is 22.1. The first-order valence-electron chi connectivity index (χ1n) is 9.61. The average Bonchev–Trinajstić information content (AvgIpc) is 3.25. The second-order valence-corrected chi connectivity index (χ2v) is 8.02. The summed E-state index contributed by atoms with van der Waals surface area (Å²) in [5.41, 5.74) is 2.19. The first-order chi connectivity index (χ1) is 14.9. The van der Waals surface area contributed by atoms with Crippen LogP contribution in [-0.2, 0) is 4.79 Å². The Kier molecular flexibility index (Phi) is 6.02.